The van der Waals surface area contributed by atoms with Crippen LogP contribution < -0.4 is 16.0 Å². The van der Waals surface area contributed by atoms with Gasteiger partial charge in [0.1, 0.15) is 17.3 Å². The molecule has 1 aromatic carbocycles. The first-order chi connectivity index (χ1) is 17.1. The summed E-state index contributed by atoms with van der Waals surface area (Å²) in [6, 6.07) is 8.34. The quantitative estimate of drug-likeness (QED) is 0.434. The van der Waals surface area contributed by atoms with Crippen LogP contribution in [0, 0.1) is 5.92 Å². The molecule has 3 aromatic heterocycles. The number of hydrogen-bond donors (Lipinski definition) is 2. The molecule has 4 heterocycles. The Hall–Kier alpha value is -3.92. The zero-order chi connectivity index (χ0) is 23.8. The Kier molecular flexibility index (Phi) is 5.37. The smallest absolute Gasteiger partial charge is 0.278 e. The van der Waals surface area contributed by atoms with E-state index in [4.69, 9.17) is 15.2 Å². The lowest BCUT2D eigenvalue weighted by molar-refractivity contribution is 0.386. The van der Waals surface area contributed by atoms with Crippen molar-refractivity contribution < 1.29 is 4.52 Å². The van der Waals surface area contributed by atoms with Crippen LogP contribution in [0.2, 0.25) is 0 Å². The number of nitrogens with zero attached hydrogens (tertiary/aromatic N) is 7. The first-order valence-electron chi connectivity index (χ1n) is 11.9. The summed E-state index contributed by atoms with van der Waals surface area (Å²) in [6.07, 6.45) is 9.01. The summed E-state index contributed by atoms with van der Waals surface area (Å²) in [6.45, 7) is 5.93. The molecule has 3 N–H and O–H groups in total. The Balaban J connectivity index is 1.26. The minimum Gasteiger partial charge on any atom is -0.382 e. The van der Waals surface area contributed by atoms with E-state index < -0.39 is 0 Å². The summed E-state index contributed by atoms with van der Waals surface area (Å²) in [5, 5.41) is 7.74. The zero-order valence-electron chi connectivity index (χ0n) is 19.6. The third kappa shape index (κ3) is 4.10. The van der Waals surface area contributed by atoms with Gasteiger partial charge in [0.05, 0.1) is 35.9 Å². The van der Waals surface area contributed by atoms with Gasteiger partial charge in [0.25, 0.3) is 5.89 Å². The van der Waals surface area contributed by atoms with Gasteiger partial charge in [0.2, 0.25) is 0 Å². The maximum Gasteiger partial charge on any atom is 0.278 e. The molecule has 0 spiro atoms. The molecule has 0 bridgehead atoms. The molecule has 6 rings (SSSR count). The highest BCUT2D eigenvalue weighted by atomic mass is 16.5. The van der Waals surface area contributed by atoms with Gasteiger partial charge in [-0.25, -0.2) is 15.0 Å². The lowest BCUT2D eigenvalue weighted by Gasteiger charge is -2.27. The van der Waals surface area contributed by atoms with Crippen molar-refractivity contribution >= 4 is 11.6 Å². The standard InChI is InChI=1S/C25H27N9O/c1-25(18-6-7-18,17-4-2-16(3-5-17)19-12-30-21(26)14-28-19)24-32-23(35-33-24)20-13-31-22(15-29-20)34-10-8-27-9-11-34/h2-5,12-15,18,27H,6-11H2,1H3,(H2,26,30). The summed E-state index contributed by atoms with van der Waals surface area (Å²) in [7, 11) is 0. The number of nitrogen functional groups attached to an aromatic ring is 1. The van der Waals surface area contributed by atoms with E-state index in [0.717, 1.165) is 61.7 Å². The molecular formula is C25H27N9O. The van der Waals surface area contributed by atoms with Crippen LogP contribution >= 0.6 is 0 Å². The molecular weight excluding hydrogens is 442 g/mol. The lowest BCUT2D eigenvalue weighted by atomic mass is 9.77. The van der Waals surface area contributed by atoms with Crippen molar-refractivity contribution in [3.05, 3.63) is 60.4 Å². The van der Waals surface area contributed by atoms with Crippen LogP contribution in [-0.4, -0.2) is 56.3 Å². The largest absolute Gasteiger partial charge is 0.382 e. The van der Waals surface area contributed by atoms with Crippen LogP contribution in [0.25, 0.3) is 22.8 Å². The molecule has 1 atom stereocenters. The van der Waals surface area contributed by atoms with Crippen molar-refractivity contribution in [2.75, 3.05) is 36.8 Å². The number of benzene rings is 1. The Morgan fingerprint density at radius 2 is 1.69 bits per heavy atom. The van der Waals surface area contributed by atoms with Crippen LogP contribution in [0.1, 0.15) is 31.2 Å². The molecule has 10 heteroatoms. The molecule has 1 aliphatic carbocycles. The fourth-order valence-electron chi connectivity index (χ4n) is 4.71. The van der Waals surface area contributed by atoms with Gasteiger partial charge in [0, 0.05) is 31.7 Å². The van der Waals surface area contributed by atoms with Gasteiger partial charge in [-0.3, -0.25) is 4.98 Å². The number of piperazine rings is 1. The molecule has 178 valence electrons. The van der Waals surface area contributed by atoms with Crippen LogP contribution in [0.5, 0.6) is 0 Å². The van der Waals surface area contributed by atoms with Crippen molar-refractivity contribution in [3.8, 4) is 22.8 Å². The van der Waals surface area contributed by atoms with Gasteiger partial charge in [-0.1, -0.05) is 29.4 Å². The molecule has 1 unspecified atom stereocenters. The number of aromatic nitrogens is 6. The van der Waals surface area contributed by atoms with Crippen molar-refractivity contribution in [2.24, 2.45) is 5.92 Å². The third-order valence-corrected chi connectivity index (χ3v) is 7.03. The van der Waals surface area contributed by atoms with Crippen LogP contribution in [0.4, 0.5) is 11.6 Å². The predicted octanol–water partition coefficient (Wildman–Crippen LogP) is 2.69. The maximum absolute atomic E-state index is 5.67. The Morgan fingerprint density at radius 1 is 0.943 bits per heavy atom. The summed E-state index contributed by atoms with van der Waals surface area (Å²) in [5.74, 6) is 2.78. The molecule has 1 saturated carbocycles. The Bertz CT molecular complexity index is 1290. The number of nitrogens with two attached hydrogens (primary N) is 1. The topological polar surface area (TPSA) is 132 Å². The average Bonchev–Trinajstić information content (AvgIpc) is 3.66. The van der Waals surface area contributed by atoms with E-state index in [1.54, 1.807) is 24.8 Å². The summed E-state index contributed by atoms with van der Waals surface area (Å²) in [5.41, 5.74) is 8.79. The minimum atomic E-state index is -0.360. The molecule has 0 amide bonds. The first-order valence-corrected chi connectivity index (χ1v) is 11.9. The second-order valence-electron chi connectivity index (χ2n) is 9.30. The lowest BCUT2D eigenvalue weighted by Crippen LogP contribution is -2.43. The number of hydrogen-bond acceptors (Lipinski definition) is 10. The normalized spacial score (nSPS) is 17.8. The van der Waals surface area contributed by atoms with Crippen LogP contribution in [0.15, 0.2) is 53.6 Å². The molecule has 10 nitrogen and oxygen atoms in total. The Labute approximate surface area is 203 Å². The molecule has 1 aliphatic heterocycles. The molecule has 2 aliphatic rings. The van der Waals surface area contributed by atoms with E-state index in [9.17, 15) is 0 Å². The summed E-state index contributed by atoms with van der Waals surface area (Å²) in [4.78, 5) is 24.7. The zero-order valence-corrected chi connectivity index (χ0v) is 19.6. The van der Waals surface area contributed by atoms with Gasteiger partial charge >= 0.3 is 0 Å². The SMILES string of the molecule is CC(c1ccc(-c2cnc(N)cn2)cc1)(c1noc(-c2cnc(N3CCNCC3)cn2)n1)C1CC1. The van der Waals surface area contributed by atoms with Gasteiger partial charge in [0.15, 0.2) is 5.82 Å². The fourth-order valence-corrected chi connectivity index (χ4v) is 4.71. The number of rotatable bonds is 6. The maximum atomic E-state index is 5.67. The second-order valence-corrected chi connectivity index (χ2v) is 9.30. The van der Waals surface area contributed by atoms with Crippen LogP contribution in [-0.2, 0) is 5.41 Å². The van der Waals surface area contributed by atoms with Gasteiger partial charge in [-0.05, 0) is 31.2 Å². The molecule has 35 heavy (non-hydrogen) atoms. The highest BCUT2D eigenvalue weighted by Crippen LogP contribution is 2.50. The number of anilines is 2. The molecule has 0 radical (unpaired) electrons. The number of nitrogens with one attached hydrogen (secondary N) is 1. The molecule has 1 saturated heterocycles. The fraction of sp³-hybridized carbons (Fsp3) is 0.360. The highest BCUT2D eigenvalue weighted by molar-refractivity contribution is 5.60. The van der Waals surface area contributed by atoms with Gasteiger partial charge in [-0.2, -0.15) is 4.98 Å². The third-order valence-electron chi connectivity index (χ3n) is 7.03. The predicted molar refractivity (Wildman–Crippen MR) is 131 cm³/mol. The van der Waals surface area contributed by atoms with Crippen molar-refractivity contribution in [2.45, 2.75) is 25.2 Å². The van der Waals surface area contributed by atoms with Crippen LogP contribution in [0.3, 0.4) is 0 Å². The van der Waals surface area contributed by atoms with E-state index >= 15 is 0 Å². The van der Waals surface area contributed by atoms with Gasteiger partial charge < -0.3 is 20.5 Å². The summed E-state index contributed by atoms with van der Waals surface area (Å²) >= 11 is 0. The van der Waals surface area contributed by atoms with Crippen molar-refractivity contribution in [1.29, 1.82) is 0 Å². The molecule has 4 aromatic rings. The van der Waals surface area contributed by atoms with E-state index in [-0.39, 0.29) is 5.41 Å². The summed E-state index contributed by atoms with van der Waals surface area (Å²) < 4.78 is 5.67. The van der Waals surface area contributed by atoms with Crippen molar-refractivity contribution in [1.82, 2.24) is 35.4 Å². The van der Waals surface area contributed by atoms with E-state index in [1.807, 2.05) is 0 Å². The monoisotopic (exact) mass is 469 g/mol. The minimum absolute atomic E-state index is 0.360. The molecule has 2 fully saturated rings. The highest BCUT2D eigenvalue weighted by Gasteiger charge is 2.47. The first kappa shape index (κ1) is 21.6. The van der Waals surface area contributed by atoms with E-state index in [1.165, 1.54) is 0 Å². The van der Waals surface area contributed by atoms with E-state index in [0.29, 0.717) is 29.1 Å². The van der Waals surface area contributed by atoms with Crippen molar-refractivity contribution in [3.63, 3.8) is 0 Å². The second kappa shape index (κ2) is 8.70. The average molecular weight is 470 g/mol. The van der Waals surface area contributed by atoms with Gasteiger partial charge in [-0.15, -0.1) is 0 Å². The Morgan fingerprint density at radius 3 is 2.34 bits per heavy atom. The van der Waals surface area contributed by atoms with E-state index in [2.05, 4.69) is 66.5 Å².